The van der Waals surface area contributed by atoms with E-state index in [9.17, 15) is 9.90 Å². The smallest absolute Gasteiger partial charge is 0.315 e. The van der Waals surface area contributed by atoms with Crippen molar-refractivity contribution >= 4 is 6.03 Å². The fourth-order valence-corrected chi connectivity index (χ4v) is 3.12. The van der Waals surface area contributed by atoms with Crippen LogP contribution >= 0.6 is 0 Å². The molecule has 1 fully saturated rings. The first-order valence-electron chi connectivity index (χ1n) is 8.65. The molecule has 25 heavy (non-hydrogen) atoms. The Balaban J connectivity index is 1.62. The molecule has 3 rings (SSSR count). The third-order valence-corrected chi connectivity index (χ3v) is 4.53. The molecule has 0 bridgehead atoms. The van der Waals surface area contributed by atoms with Gasteiger partial charge in [0.2, 0.25) is 0 Å². The molecule has 8 heteroatoms. The molecule has 0 saturated heterocycles. The van der Waals surface area contributed by atoms with E-state index < -0.39 is 5.60 Å². The van der Waals surface area contributed by atoms with Crippen molar-refractivity contribution in [2.45, 2.75) is 63.8 Å². The van der Waals surface area contributed by atoms with Gasteiger partial charge in [0.1, 0.15) is 17.1 Å². The molecule has 8 nitrogen and oxygen atoms in total. The van der Waals surface area contributed by atoms with Gasteiger partial charge in [0.15, 0.2) is 0 Å². The summed E-state index contributed by atoms with van der Waals surface area (Å²) in [5, 5.41) is 24.1. The van der Waals surface area contributed by atoms with Crippen LogP contribution in [0.2, 0.25) is 0 Å². The molecule has 0 unspecified atom stereocenters. The van der Waals surface area contributed by atoms with Crippen LogP contribution in [0.4, 0.5) is 4.79 Å². The Bertz CT molecular complexity index is 689. The minimum absolute atomic E-state index is 0.0262. The highest BCUT2D eigenvalue weighted by Gasteiger charge is 2.30. The molecule has 2 aromatic rings. The van der Waals surface area contributed by atoms with Crippen LogP contribution in [0.15, 0.2) is 29.0 Å². The molecule has 1 aliphatic rings. The lowest BCUT2D eigenvalue weighted by molar-refractivity contribution is 0.0736. The summed E-state index contributed by atoms with van der Waals surface area (Å²) in [4.78, 5) is 12.2. The quantitative estimate of drug-likeness (QED) is 0.768. The number of rotatable bonds is 5. The third-order valence-electron chi connectivity index (χ3n) is 4.53. The van der Waals surface area contributed by atoms with Crippen molar-refractivity contribution in [3.63, 3.8) is 0 Å². The van der Waals surface area contributed by atoms with E-state index in [0.29, 0.717) is 18.0 Å². The zero-order chi connectivity index (χ0) is 17.9. The fraction of sp³-hybridized carbons (Fsp3) is 0.588. The summed E-state index contributed by atoms with van der Waals surface area (Å²) in [5.41, 5.74) is -0.505. The van der Waals surface area contributed by atoms with Gasteiger partial charge >= 0.3 is 6.03 Å². The van der Waals surface area contributed by atoms with Gasteiger partial charge in [0.05, 0.1) is 31.1 Å². The van der Waals surface area contributed by atoms with Gasteiger partial charge in [-0.3, -0.25) is 0 Å². The number of nitrogens with one attached hydrogen (secondary N) is 2. The SMILES string of the molecule is CC(C)(O)c1cn([C@@H]2CCCC[C@@H]2NC(=O)NCc2ccco2)nn1. The molecule has 1 saturated carbocycles. The number of aromatic nitrogens is 3. The van der Waals surface area contributed by atoms with Gasteiger partial charge in [-0.25, -0.2) is 9.48 Å². The van der Waals surface area contributed by atoms with Crippen LogP contribution in [0.5, 0.6) is 0 Å². The molecule has 0 aliphatic heterocycles. The van der Waals surface area contributed by atoms with E-state index >= 15 is 0 Å². The minimum Gasteiger partial charge on any atom is -0.467 e. The lowest BCUT2D eigenvalue weighted by Gasteiger charge is -2.32. The molecular formula is C17H25N5O3. The van der Waals surface area contributed by atoms with Gasteiger partial charge in [-0.15, -0.1) is 5.10 Å². The van der Waals surface area contributed by atoms with Gasteiger partial charge in [0, 0.05) is 0 Å². The Hall–Kier alpha value is -2.35. The molecule has 2 heterocycles. The standard InChI is InChI=1S/C17H25N5O3/c1-17(2,24)15-11-22(21-20-15)14-8-4-3-7-13(14)19-16(23)18-10-12-6-5-9-25-12/h5-6,9,11,13-14,24H,3-4,7-8,10H2,1-2H3,(H2,18,19,23)/t13-,14+/m0/s1. The number of carbonyl (C=O) groups is 1. The van der Waals surface area contributed by atoms with E-state index in [-0.39, 0.29) is 18.1 Å². The number of hydrogen-bond acceptors (Lipinski definition) is 5. The van der Waals surface area contributed by atoms with Gasteiger partial charge in [-0.1, -0.05) is 18.1 Å². The molecule has 3 N–H and O–H groups in total. The number of furan rings is 1. The third kappa shape index (κ3) is 4.39. The number of aliphatic hydroxyl groups is 1. The monoisotopic (exact) mass is 347 g/mol. The Morgan fingerprint density at radius 1 is 1.44 bits per heavy atom. The van der Waals surface area contributed by atoms with E-state index in [1.165, 1.54) is 0 Å². The maximum Gasteiger partial charge on any atom is 0.315 e. The highest BCUT2D eigenvalue weighted by molar-refractivity contribution is 5.74. The Morgan fingerprint density at radius 2 is 2.24 bits per heavy atom. The Labute approximate surface area is 146 Å². The van der Waals surface area contributed by atoms with Crippen LogP contribution in [0.1, 0.15) is 57.0 Å². The molecule has 2 aromatic heterocycles. The van der Waals surface area contributed by atoms with Crippen molar-refractivity contribution < 1.29 is 14.3 Å². The number of nitrogens with zero attached hydrogens (tertiary/aromatic N) is 3. The maximum absolute atomic E-state index is 12.2. The molecule has 0 spiro atoms. The summed E-state index contributed by atoms with van der Waals surface area (Å²) in [5.74, 6) is 0.710. The molecule has 0 radical (unpaired) electrons. The Morgan fingerprint density at radius 3 is 2.92 bits per heavy atom. The summed E-state index contributed by atoms with van der Waals surface area (Å²) < 4.78 is 6.98. The van der Waals surface area contributed by atoms with Crippen LogP contribution in [-0.2, 0) is 12.1 Å². The normalized spacial score (nSPS) is 21.1. The average Bonchev–Trinajstić information content (AvgIpc) is 3.25. The first kappa shape index (κ1) is 17.5. The predicted octanol–water partition coefficient (Wildman–Crippen LogP) is 2.08. The molecule has 2 amide bonds. The number of carbonyl (C=O) groups excluding carboxylic acids is 1. The first-order valence-corrected chi connectivity index (χ1v) is 8.65. The maximum atomic E-state index is 12.2. The van der Waals surface area contributed by atoms with Crippen LogP contribution < -0.4 is 10.6 Å². The summed E-state index contributed by atoms with van der Waals surface area (Å²) in [6.45, 7) is 3.71. The lowest BCUT2D eigenvalue weighted by atomic mass is 9.90. The van der Waals surface area contributed by atoms with Crippen molar-refractivity contribution in [2.24, 2.45) is 0 Å². The van der Waals surface area contributed by atoms with E-state index in [0.717, 1.165) is 25.7 Å². The number of hydrogen-bond donors (Lipinski definition) is 3. The zero-order valence-electron chi connectivity index (χ0n) is 14.6. The van der Waals surface area contributed by atoms with Crippen molar-refractivity contribution in [2.75, 3.05) is 0 Å². The van der Waals surface area contributed by atoms with E-state index in [2.05, 4.69) is 20.9 Å². The Kier molecular flexibility index (Phi) is 5.08. The summed E-state index contributed by atoms with van der Waals surface area (Å²) in [6, 6.07) is 3.39. The molecule has 2 atom stereocenters. The molecule has 1 aliphatic carbocycles. The number of urea groups is 1. The van der Waals surface area contributed by atoms with Crippen LogP contribution in [-0.4, -0.2) is 32.2 Å². The minimum atomic E-state index is -1.03. The highest BCUT2D eigenvalue weighted by Crippen LogP contribution is 2.29. The van der Waals surface area contributed by atoms with Crippen molar-refractivity contribution in [1.29, 1.82) is 0 Å². The topological polar surface area (TPSA) is 105 Å². The molecule has 0 aromatic carbocycles. The second-order valence-corrected chi connectivity index (χ2v) is 7.01. The van der Waals surface area contributed by atoms with Crippen molar-refractivity contribution in [3.05, 3.63) is 36.0 Å². The van der Waals surface area contributed by atoms with Crippen LogP contribution in [0.3, 0.4) is 0 Å². The number of amides is 2. The summed E-state index contributed by atoms with van der Waals surface area (Å²) in [7, 11) is 0. The summed E-state index contributed by atoms with van der Waals surface area (Å²) >= 11 is 0. The second kappa shape index (κ2) is 7.26. The van der Waals surface area contributed by atoms with Gasteiger partial charge in [0.25, 0.3) is 0 Å². The average molecular weight is 347 g/mol. The largest absolute Gasteiger partial charge is 0.467 e. The van der Waals surface area contributed by atoms with E-state index in [1.54, 1.807) is 37.1 Å². The van der Waals surface area contributed by atoms with E-state index in [4.69, 9.17) is 4.42 Å². The molecule has 136 valence electrons. The van der Waals surface area contributed by atoms with Gasteiger partial charge in [-0.05, 0) is 38.8 Å². The predicted molar refractivity (Wildman–Crippen MR) is 90.6 cm³/mol. The van der Waals surface area contributed by atoms with Crippen molar-refractivity contribution in [1.82, 2.24) is 25.6 Å². The van der Waals surface area contributed by atoms with Crippen molar-refractivity contribution in [3.8, 4) is 0 Å². The highest BCUT2D eigenvalue weighted by atomic mass is 16.3. The first-order chi connectivity index (χ1) is 11.9. The summed E-state index contributed by atoms with van der Waals surface area (Å²) in [6.07, 6.45) is 7.29. The second-order valence-electron chi connectivity index (χ2n) is 7.01. The van der Waals surface area contributed by atoms with Gasteiger partial charge in [-0.2, -0.15) is 0 Å². The zero-order valence-corrected chi connectivity index (χ0v) is 14.6. The molecular weight excluding hydrogens is 322 g/mol. The van der Waals surface area contributed by atoms with Gasteiger partial charge < -0.3 is 20.2 Å². The fourth-order valence-electron chi connectivity index (χ4n) is 3.12. The van der Waals surface area contributed by atoms with Crippen LogP contribution in [0.25, 0.3) is 0 Å². The lowest BCUT2D eigenvalue weighted by Crippen LogP contribution is -2.47. The van der Waals surface area contributed by atoms with Crippen LogP contribution in [0, 0.1) is 0 Å². The van der Waals surface area contributed by atoms with E-state index in [1.807, 2.05) is 6.07 Å².